The molecule has 0 bridgehead atoms. The molecule has 0 atom stereocenters. The lowest BCUT2D eigenvalue weighted by Gasteiger charge is -2.17. The van der Waals surface area contributed by atoms with Crippen LogP contribution in [-0.4, -0.2) is 26.2 Å². The Morgan fingerprint density at radius 2 is 2.31 bits per heavy atom. The molecule has 16 heavy (non-hydrogen) atoms. The fourth-order valence-corrected chi connectivity index (χ4v) is 1.21. The molecule has 84 valence electrons. The molecule has 0 radical (unpaired) electrons. The molecule has 0 saturated carbocycles. The average Bonchev–Trinajstić information content (AvgIpc) is 2.35. The van der Waals surface area contributed by atoms with Crippen molar-refractivity contribution in [2.24, 2.45) is 0 Å². The molecule has 0 heterocycles. The first kappa shape index (κ1) is 12.2. The van der Waals surface area contributed by atoms with Gasteiger partial charge < -0.3 is 9.64 Å². The predicted octanol–water partition coefficient (Wildman–Crippen LogP) is 1.56. The Morgan fingerprint density at radius 3 is 2.94 bits per heavy atom. The lowest BCUT2D eigenvalue weighted by atomic mass is 10.2. The molecule has 1 aromatic rings. The van der Waals surface area contributed by atoms with Gasteiger partial charge in [-0.2, -0.15) is 5.26 Å². The molecule has 4 nitrogen and oxygen atoms in total. The summed E-state index contributed by atoms with van der Waals surface area (Å²) in [6.07, 6.45) is 0. The SMILES string of the molecule is CCOCC(=O)N(C)c1cccc(C#N)c1. The lowest BCUT2D eigenvalue weighted by Crippen LogP contribution is -2.30. The zero-order valence-corrected chi connectivity index (χ0v) is 9.43. The highest BCUT2D eigenvalue weighted by atomic mass is 16.5. The van der Waals surface area contributed by atoms with Gasteiger partial charge in [-0.1, -0.05) is 6.07 Å². The predicted molar refractivity (Wildman–Crippen MR) is 61.1 cm³/mol. The van der Waals surface area contributed by atoms with Crippen molar-refractivity contribution in [3.05, 3.63) is 29.8 Å². The minimum atomic E-state index is -0.128. The van der Waals surface area contributed by atoms with E-state index in [9.17, 15) is 4.79 Å². The standard InChI is InChI=1S/C12H14N2O2/c1-3-16-9-12(15)14(2)11-6-4-5-10(7-11)8-13/h4-7H,3,9H2,1-2H3. The second kappa shape index (κ2) is 5.89. The smallest absolute Gasteiger partial charge is 0.252 e. The summed E-state index contributed by atoms with van der Waals surface area (Å²) in [5.74, 6) is -0.128. The first-order valence-corrected chi connectivity index (χ1v) is 5.03. The molecule has 0 unspecified atom stereocenters. The molecule has 0 N–H and O–H groups in total. The first-order valence-electron chi connectivity index (χ1n) is 5.03. The third-order valence-electron chi connectivity index (χ3n) is 2.17. The highest BCUT2D eigenvalue weighted by Gasteiger charge is 2.10. The van der Waals surface area contributed by atoms with E-state index in [1.165, 1.54) is 4.90 Å². The fraction of sp³-hybridized carbons (Fsp3) is 0.333. The van der Waals surface area contributed by atoms with Gasteiger partial charge in [0.25, 0.3) is 5.91 Å². The van der Waals surface area contributed by atoms with Gasteiger partial charge in [-0.25, -0.2) is 0 Å². The van der Waals surface area contributed by atoms with Crippen LogP contribution in [-0.2, 0) is 9.53 Å². The van der Waals surface area contributed by atoms with Crippen molar-refractivity contribution in [3.8, 4) is 6.07 Å². The number of carbonyl (C=O) groups is 1. The van der Waals surface area contributed by atoms with Gasteiger partial charge in [0.1, 0.15) is 6.61 Å². The second-order valence-electron chi connectivity index (χ2n) is 3.25. The van der Waals surface area contributed by atoms with Gasteiger partial charge in [0, 0.05) is 19.3 Å². The van der Waals surface area contributed by atoms with E-state index in [2.05, 4.69) is 0 Å². The molecule has 0 aliphatic carbocycles. The van der Waals surface area contributed by atoms with E-state index in [-0.39, 0.29) is 12.5 Å². The maximum Gasteiger partial charge on any atom is 0.252 e. The highest BCUT2D eigenvalue weighted by molar-refractivity contribution is 5.93. The third kappa shape index (κ3) is 3.07. The molecule has 0 aromatic heterocycles. The summed E-state index contributed by atoms with van der Waals surface area (Å²) in [4.78, 5) is 13.1. The van der Waals surface area contributed by atoms with Crippen molar-refractivity contribution in [2.75, 3.05) is 25.2 Å². The Hall–Kier alpha value is -1.86. The molecule has 4 heteroatoms. The normalized spacial score (nSPS) is 9.56. The number of nitriles is 1. The second-order valence-corrected chi connectivity index (χ2v) is 3.25. The highest BCUT2D eigenvalue weighted by Crippen LogP contribution is 2.14. The van der Waals surface area contributed by atoms with Crippen molar-refractivity contribution in [1.29, 1.82) is 5.26 Å². The van der Waals surface area contributed by atoms with Gasteiger partial charge in [-0.05, 0) is 25.1 Å². The quantitative estimate of drug-likeness (QED) is 0.770. The van der Waals surface area contributed by atoms with Crippen molar-refractivity contribution in [2.45, 2.75) is 6.92 Å². The van der Waals surface area contributed by atoms with Gasteiger partial charge in [0.15, 0.2) is 0 Å². The first-order chi connectivity index (χ1) is 7.69. The average molecular weight is 218 g/mol. The van der Waals surface area contributed by atoms with Crippen LogP contribution in [0.25, 0.3) is 0 Å². The zero-order chi connectivity index (χ0) is 12.0. The number of amides is 1. The van der Waals surface area contributed by atoms with E-state index in [0.717, 1.165) is 0 Å². The van der Waals surface area contributed by atoms with E-state index >= 15 is 0 Å². The molecule has 0 saturated heterocycles. The van der Waals surface area contributed by atoms with E-state index in [1.807, 2.05) is 13.0 Å². The number of anilines is 1. The van der Waals surface area contributed by atoms with Gasteiger partial charge in [0.2, 0.25) is 0 Å². The number of hydrogen-bond acceptors (Lipinski definition) is 3. The summed E-state index contributed by atoms with van der Waals surface area (Å²) in [5, 5.41) is 8.75. The Balaban J connectivity index is 2.76. The molecular weight excluding hydrogens is 204 g/mol. The molecule has 0 fully saturated rings. The van der Waals surface area contributed by atoms with Gasteiger partial charge in [0.05, 0.1) is 11.6 Å². The summed E-state index contributed by atoms with van der Waals surface area (Å²) in [5.41, 5.74) is 1.23. The molecule has 1 rings (SSSR count). The van der Waals surface area contributed by atoms with Crippen molar-refractivity contribution in [3.63, 3.8) is 0 Å². The maximum absolute atomic E-state index is 11.6. The minimum Gasteiger partial charge on any atom is -0.372 e. The molecular formula is C12H14N2O2. The van der Waals surface area contributed by atoms with Gasteiger partial charge >= 0.3 is 0 Å². The summed E-state index contributed by atoms with van der Waals surface area (Å²) in [6.45, 7) is 2.41. The Bertz CT molecular complexity index is 410. The van der Waals surface area contributed by atoms with E-state index in [1.54, 1.807) is 31.3 Å². The number of hydrogen-bond donors (Lipinski definition) is 0. The fourth-order valence-electron chi connectivity index (χ4n) is 1.21. The Labute approximate surface area is 95.0 Å². The van der Waals surface area contributed by atoms with Crippen LogP contribution in [0.3, 0.4) is 0 Å². The third-order valence-corrected chi connectivity index (χ3v) is 2.17. The van der Waals surface area contributed by atoms with Crippen LogP contribution >= 0.6 is 0 Å². The molecule has 0 aliphatic heterocycles. The Morgan fingerprint density at radius 1 is 1.56 bits per heavy atom. The number of likely N-dealkylation sites (N-methyl/N-ethyl adjacent to an activating group) is 1. The molecule has 1 amide bonds. The van der Waals surface area contributed by atoms with Crippen molar-refractivity contribution >= 4 is 11.6 Å². The summed E-state index contributed by atoms with van der Waals surface area (Å²) >= 11 is 0. The van der Waals surface area contributed by atoms with Crippen LogP contribution in [0.5, 0.6) is 0 Å². The van der Waals surface area contributed by atoms with Crippen molar-refractivity contribution in [1.82, 2.24) is 0 Å². The lowest BCUT2D eigenvalue weighted by molar-refractivity contribution is -0.122. The molecule has 1 aromatic carbocycles. The van der Waals surface area contributed by atoms with Crippen LogP contribution in [0, 0.1) is 11.3 Å². The topological polar surface area (TPSA) is 53.3 Å². The van der Waals surface area contributed by atoms with Crippen LogP contribution in [0.15, 0.2) is 24.3 Å². The monoisotopic (exact) mass is 218 g/mol. The van der Waals surface area contributed by atoms with Crippen LogP contribution in [0.2, 0.25) is 0 Å². The van der Waals surface area contributed by atoms with Crippen LogP contribution in [0.1, 0.15) is 12.5 Å². The number of benzene rings is 1. The zero-order valence-electron chi connectivity index (χ0n) is 9.43. The van der Waals surface area contributed by atoms with Crippen LogP contribution < -0.4 is 4.90 Å². The molecule has 0 aliphatic rings. The van der Waals surface area contributed by atoms with Crippen molar-refractivity contribution < 1.29 is 9.53 Å². The summed E-state index contributed by atoms with van der Waals surface area (Å²) < 4.78 is 5.04. The minimum absolute atomic E-state index is 0.0593. The van der Waals surface area contributed by atoms with E-state index in [4.69, 9.17) is 10.00 Å². The number of carbonyl (C=O) groups excluding carboxylic acids is 1. The Kier molecular flexibility index (Phi) is 4.49. The number of nitrogens with zero attached hydrogens (tertiary/aromatic N) is 2. The largest absolute Gasteiger partial charge is 0.372 e. The van der Waals surface area contributed by atoms with Crippen LogP contribution in [0.4, 0.5) is 5.69 Å². The number of ether oxygens (including phenoxy) is 1. The van der Waals surface area contributed by atoms with Gasteiger partial charge in [-0.3, -0.25) is 4.79 Å². The van der Waals surface area contributed by atoms with Gasteiger partial charge in [-0.15, -0.1) is 0 Å². The maximum atomic E-state index is 11.6. The van der Waals surface area contributed by atoms with E-state index < -0.39 is 0 Å². The summed E-state index contributed by atoms with van der Waals surface area (Å²) in [7, 11) is 1.66. The number of rotatable bonds is 4. The summed E-state index contributed by atoms with van der Waals surface area (Å²) in [6, 6.07) is 8.94. The van der Waals surface area contributed by atoms with E-state index in [0.29, 0.717) is 17.9 Å². The molecule has 0 spiro atoms.